The van der Waals surface area contributed by atoms with Gasteiger partial charge in [-0.3, -0.25) is 0 Å². The number of nitrogens with zero attached hydrogens (tertiary/aromatic N) is 4. The molecule has 0 bridgehead atoms. The zero-order valence-electron chi connectivity index (χ0n) is 8.85. The second-order valence-electron chi connectivity index (χ2n) is 3.31. The molecule has 0 atom stereocenters. The van der Waals surface area contributed by atoms with Crippen LogP contribution >= 0.6 is 0 Å². The van der Waals surface area contributed by atoms with Crippen LogP contribution in [0.25, 0.3) is 6.08 Å². The summed E-state index contributed by atoms with van der Waals surface area (Å²) in [5.41, 5.74) is 2.15. The van der Waals surface area contributed by atoms with Crippen molar-refractivity contribution in [2.75, 3.05) is 14.1 Å². The zero-order chi connectivity index (χ0) is 10.7. The van der Waals surface area contributed by atoms with Gasteiger partial charge in [0.2, 0.25) is 0 Å². The summed E-state index contributed by atoms with van der Waals surface area (Å²) in [6, 6.07) is 0. The topological polar surface area (TPSA) is 56.0 Å². The molecule has 1 aromatic heterocycles. The van der Waals surface area contributed by atoms with Crippen molar-refractivity contribution in [1.82, 2.24) is 15.1 Å². The van der Waals surface area contributed by atoms with E-state index in [2.05, 4.69) is 10.2 Å². The molecule has 0 amide bonds. The molecule has 0 saturated heterocycles. The highest BCUT2D eigenvalue weighted by Gasteiger charge is 2.06. The van der Waals surface area contributed by atoms with Crippen molar-refractivity contribution >= 4 is 6.08 Å². The summed E-state index contributed by atoms with van der Waals surface area (Å²) in [6.07, 6.45) is 2.94. The van der Waals surface area contributed by atoms with Crippen LogP contribution in [0.5, 0.6) is 0 Å². The Labute approximate surface area is 83.3 Å². The third-order valence-electron chi connectivity index (χ3n) is 2.02. The largest absolute Gasteiger partial charge is 0.710 e. The Hall–Kier alpha value is -1.65. The molecule has 1 rings (SSSR count). The van der Waals surface area contributed by atoms with Crippen LogP contribution in [0.15, 0.2) is 12.0 Å². The fraction of sp³-hybridized carbons (Fsp3) is 0.444. The first kappa shape index (κ1) is 10.4. The number of rotatable bonds is 2. The van der Waals surface area contributed by atoms with E-state index in [0.717, 1.165) is 16.8 Å². The number of allylic oxidation sites excluding steroid dienone is 1. The maximum atomic E-state index is 11.3. The van der Waals surface area contributed by atoms with E-state index >= 15 is 0 Å². The second-order valence-corrected chi connectivity index (χ2v) is 3.31. The summed E-state index contributed by atoms with van der Waals surface area (Å²) >= 11 is 0. The lowest BCUT2D eigenvalue weighted by molar-refractivity contribution is -0.612. The van der Waals surface area contributed by atoms with Crippen molar-refractivity contribution in [2.24, 2.45) is 0 Å². The van der Waals surface area contributed by atoms with E-state index < -0.39 is 0 Å². The van der Waals surface area contributed by atoms with Crippen LogP contribution in [0.2, 0.25) is 0 Å². The minimum atomic E-state index is 0.534. The van der Waals surface area contributed by atoms with Crippen LogP contribution in [0.1, 0.15) is 18.3 Å². The predicted molar refractivity (Wildman–Crippen MR) is 53.1 cm³/mol. The molecule has 5 nitrogen and oxygen atoms in total. The van der Waals surface area contributed by atoms with Gasteiger partial charge in [0.05, 0.1) is 5.10 Å². The summed E-state index contributed by atoms with van der Waals surface area (Å²) in [7, 11) is 3.84. The molecule has 0 aliphatic rings. The van der Waals surface area contributed by atoms with Gasteiger partial charge in [-0.05, 0) is 18.9 Å². The Morgan fingerprint density at radius 2 is 2.21 bits per heavy atom. The van der Waals surface area contributed by atoms with Gasteiger partial charge in [-0.25, -0.2) is 4.73 Å². The third-order valence-corrected chi connectivity index (χ3v) is 2.02. The molecule has 0 saturated carbocycles. The monoisotopic (exact) mass is 194 g/mol. The highest BCUT2D eigenvalue weighted by Crippen LogP contribution is 2.05. The van der Waals surface area contributed by atoms with Gasteiger partial charge in [0, 0.05) is 25.9 Å². The lowest BCUT2D eigenvalue weighted by Gasteiger charge is -2.13. The Morgan fingerprint density at radius 3 is 2.71 bits per heavy atom. The van der Waals surface area contributed by atoms with E-state index in [1.54, 1.807) is 13.0 Å². The average Bonchev–Trinajstić information content (AvgIpc) is 2.11. The molecule has 0 aliphatic heterocycles. The normalized spacial score (nSPS) is 11.6. The Morgan fingerprint density at radius 1 is 1.57 bits per heavy atom. The van der Waals surface area contributed by atoms with Crippen LogP contribution in [-0.4, -0.2) is 29.2 Å². The first-order valence-corrected chi connectivity index (χ1v) is 4.29. The molecule has 0 fully saturated rings. The van der Waals surface area contributed by atoms with Crippen LogP contribution in [0.4, 0.5) is 0 Å². The fourth-order valence-corrected chi connectivity index (χ4v) is 0.927. The Kier molecular flexibility index (Phi) is 3.01. The average molecular weight is 194 g/mol. The maximum Gasteiger partial charge on any atom is 0.318 e. The maximum absolute atomic E-state index is 11.3. The highest BCUT2D eigenvalue weighted by molar-refractivity contribution is 5.46. The minimum absolute atomic E-state index is 0.534. The van der Waals surface area contributed by atoms with Crippen molar-refractivity contribution in [3.05, 3.63) is 28.6 Å². The van der Waals surface area contributed by atoms with Gasteiger partial charge in [0.25, 0.3) is 0 Å². The molecule has 0 aromatic carbocycles. The van der Waals surface area contributed by atoms with Crippen LogP contribution in [0, 0.1) is 12.1 Å². The van der Waals surface area contributed by atoms with Crippen LogP contribution in [-0.2, 0) is 0 Å². The van der Waals surface area contributed by atoms with Crippen LogP contribution < -0.4 is 4.73 Å². The molecule has 1 aromatic rings. The molecule has 14 heavy (non-hydrogen) atoms. The van der Waals surface area contributed by atoms with Crippen molar-refractivity contribution in [1.29, 1.82) is 0 Å². The highest BCUT2D eigenvalue weighted by atomic mass is 16.5. The molecule has 0 radical (unpaired) electrons. The summed E-state index contributed by atoms with van der Waals surface area (Å²) in [6.45, 7) is 3.69. The lowest BCUT2D eigenvalue weighted by atomic mass is 10.3. The van der Waals surface area contributed by atoms with Gasteiger partial charge < -0.3 is 10.1 Å². The smallest absolute Gasteiger partial charge is 0.318 e. The van der Waals surface area contributed by atoms with Gasteiger partial charge in [-0.1, -0.05) is 0 Å². The molecule has 1 heterocycles. The zero-order valence-corrected chi connectivity index (χ0v) is 8.85. The standard InChI is InChI=1S/C9H14N4O/c1-7(12(3)4)5-9-8(2)11-10-6-13(9)14/h5-6H,1-4H3. The van der Waals surface area contributed by atoms with Gasteiger partial charge in [-0.2, -0.15) is 0 Å². The Bertz CT molecular complexity index is 340. The molecule has 76 valence electrons. The summed E-state index contributed by atoms with van der Waals surface area (Å²) in [5, 5.41) is 18.7. The van der Waals surface area contributed by atoms with E-state index in [1.807, 2.05) is 25.9 Å². The van der Waals surface area contributed by atoms with Gasteiger partial charge in [0.15, 0.2) is 5.69 Å². The number of aromatic nitrogens is 3. The van der Waals surface area contributed by atoms with Crippen molar-refractivity contribution in [3.63, 3.8) is 0 Å². The van der Waals surface area contributed by atoms with Gasteiger partial charge in [0.1, 0.15) is 5.69 Å². The molecule has 0 spiro atoms. The van der Waals surface area contributed by atoms with Crippen molar-refractivity contribution in [2.45, 2.75) is 13.8 Å². The van der Waals surface area contributed by atoms with Crippen molar-refractivity contribution < 1.29 is 4.73 Å². The minimum Gasteiger partial charge on any atom is -0.710 e. The SMILES string of the molecule is CC(=Cc1c(C)nnc[n+]1[O-])N(C)C. The lowest BCUT2D eigenvalue weighted by Crippen LogP contribution is -2.32. The summed E-state index contributed by atoms with van der Waals surface area (Å²) < 4.78 is 0.718. The molecular formula is C9H14N4O. The van der Waals surface area contributed by atoms with Crippen molar-refractivity contribution in [3.8, 4) is 0 Å². The quantitative estimate of drug-likeness (QED) is 0.503. The van der Waals surface area contributed by atoms with E-state index in [-0.39, 0.29) is 0 Å². The molecule has 0 unspecified atom stereocenters. The van der Waals surface area contributed by atoms with Gasteiger partial charge >= 0.3 is 6.33 Å². The number of hydrogen-bond donors (Lipinski definition) is 0. The predicted octanol–water partition coefficient (Wildman–Crippen LogP) is 0.341. The molecule has 5 heteroatoms. The van der Waals surface area contributed by atoms with Crippen LogP contribution in [0.3, 0.4) is 0 Å². The second kappa shape index (κ2) is 4.04. The van der Waals surface area contributed by atoms with Gasteiger partial charge in [-0.15, -0.1) is 0 Å². The number of aryl methyl sites for hydroxylation is 1. The van der Waals surface area contributed by atoms with E-state index in [1.165, 1.54) is 0 Å². The van der Waals surface area contributed by atoms with E-state index in [4.69, 9.17) is 0 Å². The number of hydrogen-bond acceptors (Lipinski definition) is 4. The first-order chi connectivity index (χ1) is 6.52. The molecule has 0 N–H and O–H groups in total. The van der Waals surface area contributed by atoms with E-state index in [0.29, 0.717) is 11.4 Å². The molecular weight excluding hydrogens is 180 g/mol. The van der Waals surface area contributed by atoms with E-state index in [9.17, 15) is 5.21 Å². The summed E-state index contributed by atoms with van der Waals surface area (Å²) in [5.74, 6) is 0. The fourth-order valence-electron chi connectivity index (χ4n) is 0.927. The Balaban J connectivity index is 3.14. The first-order valence-electron chi connectivity index (χ1n) is 4.29. The third kappa shape index (κ3) is 2.18. The summed E-state index contributed by atoms with van der Waals surface area (Å²) in [4.78, 5) is 1.93. The molecule has 0 aliphatic carbocycles.